The van der Waals surface area contributed by atoms with Crippen LogP contribution in [0.15, 0.2) is 60.7 Å². The molecule has 1 aliphatic heterocycles. The number of benzene rings is 3. The van der Waals surface area contributed by atoms with Gasteiger partial charge in [-0.25, -0.2) is 4.39 Å². The monoisotopic (exact) mass is 405 g/mol. The predicted molar refractivity (Wildman–Crippen MR) is 109 cm³/mol. The molecule has 2 N–H and O–H groups in total. The van der Waals surface area contributed by atoms with Gasteiger partial charge in [0.25, 0.3) is 0 Å². The summed E-state index contributed by atoms with van der Waals surface area (Å²) in [5, 5.41) is 0. The van der Waals surface area contributed by atoms with Gasteiger partial charge in [0.1, 0.15) is 23.4 Å². The fourth-order valence-corrected chi connectivity index (χ4v) is 3.53. The zero-order valence-electron chi connectivity index (χ0n) is 16.4. The fourth-order valence-electron chi connectivity index (χ4n) is 3.53. The molecule has 1 amide bonds. The van der Waals surface area contributed by atoms with E-state index in [0.29, 0.717) is 46.8 Å². The van der Waals surface area contributed by atoms with E-state index in [-0.39, 0.29) is 11.6 Å². The van der Waals surface area contributed by atoms with Crippen LogP contribution in [0.3, 0.4) is 0 Å². The maximum atomic E-state index is 13.9. The zero-order chi connectivity index (χ0) is 21.3. The van der Waals surface area contributed by atoms with Crippen molar-refractivity contribution in [1.82, 2.24) is 0 Å². The van der Waals surface area contributed by atoms with Crippen LogP contribution >= 0.6 is 0 Å². The van der Waals surface area contributed by atoms with Crippen molar-refractivity contribution in [1.29, 1.82) is 0 Å². The number of fused-ring (bicyclic) bond motifs is 1. The number of nitrogens with two attached hydrogens (primary N) is 1. The first kappa shape index (κ1) is 19.6. The molecule has 1 atom stereocenters. The average molecular weight is 405 g/mol. The van der Waals surface area contributed by atoms with E-state index in [1.807, 2.05) is 6.92 Å². The molecule has 1 unspecified atom stereocenters. The average Bonchev–Trinajstić information content (AvgIpc) is 2.74. The second-order valence-corrected chi connectivity index (χ2v) is 7.13. The van der Waals surface area contributed by atoms with Crippen LogP contribution in [0, 0.1) is 12.7 Å². The number of rotatable bonds is 5. The highest BCUT2D eigenvalue weighted by molar-refractivity contribution is 6.00. The molecule has 152 valence electrons. The smallest absolute Gasteiger partial charge is 0.248 e. The number of carbonyl (C=O) groups excluding carboxylic acids is 2. The summed E-state index contributed by atoms with van der Waals surface area (Å²) in [5.41, 5.74) is 8.27. The molecular weight excluding hydrogens is 385 g/mol. The van der Waals surface area contributed by atoms with Crippen LogP contribution in [0.4, 0.5) is 4.39 Å². The Kier molecular flexibility index (Phi) is 5.23. The number of ketones is 1. The topological polar surface area (TPSA) is 78.6 Å². The first-order chi connectivity index (χ1) is 14.4. The summed E-state index contributed by atoms with van der Waals surface area (Å²) < 4.78 is 25.9. The Labute approximate surface area is 173 Å². The lowest BCUT2D eigenvalue weighted by atomic mass is 9.98. The normalized spacial score (nSPS) is 13.9. The van der Waals surface area contributed by atoms with E-state index < -0.39 is 12.0 Å². The standard InChI is InChI=1S/C24H20FNO4/c1-14-21(10-9-19-20(27)11-12-29-22(14)19)30-23(17-3-2-4-18(25)13-17)15-5-7-16(8-6-15)24(26)28/h2-10,13,23H,11-12H2,1H3,(H2,26,28). The summed E-state index contributed by atoms with van der Waals surface area (Å²) in [5.74, 6) is 0.167. The molecule has 0 aliphatic carbocycles. The summed E-state index contributed by atoms with van der Waals surface area (Å²) in [6.45, 7) is 2.16. The third kappa shape index (κ3) is 3.76. The number of primary amides is 1. The molecular formula is C24H20FNO4. The van der Waals surface area contributed by atoms with Crippen molar-refractivity contribution in [2.24, 2.45) is 5.73 Å². The Morgan fingerprint density at radius 3 is 2.57 bits per heavy atom. The van der Waals surface area contributed by atoms with Crippen molar-refractivity contribution in [3.63, 3.8) is 0 Å². The number of ether oxygens (including phenoxy) is 2. The van der Waals surface area contributed by atoms with E-state index >= 15 is 0 Å². The van der Waals surface area contributed by atoms with Crippen LogP contribution < -0.4 is 15.2 Å². The summed E-state index contributed by atoms with van der Waals surface area (Å²) >= 11 is 0. The van der Waals surface area contributed by atoms with E-state index in [4.69, 9.17) is 15.2 Å². The summed E-state index contributed by atoms with van der Waals surface area (Å²) in [4.78, 5) is 23.5. The summed E-state index contributed by atoms with van der Waals surface area (Å²) in [6.07, 6.45) is -0.288. The first-order valence-electron chi connectivity index (χ1n) is 9.55. The molecule has 0 saturated heterocycles. The number of carbonyl (C=O) groups is 2. The zero-order valence-corrected chi connectivity index (χ0v) is 16.4. The maximum Gasteiger partial charge on any atom is 0.248 e. The van der Waals surface area contributed by atoms with Crippen LogP contribution in [0.1, 0.15) is 49.9 Å². The SMILES string of the molecule is Cc1c(OC(c2ccc(C(N)=O)cc2)c2cccc(F)c2)ccc2c1OCCC2=O. The summed E-state index contributed by atoms with van der Waals surface area (Å²) in [6, 6.07) is 16.2. The molecule has 5 nitrogen and oxygen atoms in total. The fraction of sp³-hybridized carbons (Fsp3) is 0.167. The van der Waals surface area contributed by atoms with Crippen molar-refractivity contribution in [3.8, 4) is 11.5 Å². The highest BCUT2D eigenvalue weighted by Gasteiger charge is 2.24. The van der Waals surface area contributed by atoms with Gasteiger partial charge < -0.3 is 15.2 Å². The van der Waals surface area contributed by atoms with Crippen molar-refractivity contribution < 1.29 is 23.5 Å². The lowest BCUT2D eigenvalue weighted by molar-refractivity contribution is 0.0931. The number of hydrogen-bond acceptors (Lipinski definition) is 4. The third-order valence-corrected chi connectivity index (χ3v) is 5.13. The highest BCUT2D eigenvalue weighted by atomic mass is 19.1. The van der Waals surface area contributed by atoms with Gasteiger partial charge in [0.05, 0.1) is 12.2 Å². The second-order valence-electron chi connectivity index (χ2n) is 7.13. The van der Waals surface area contributed by atoms with E-state index in [2.05, 4.69) is 0 Å². The number of halogens is 1. The van der Waals surface area contributed by atoms with Crippen molar-refractivity contribution in [3.05, 3.63) is 94.3 Å². The lowest BCUT2D eigenvalue weighted by Gasteiger charge is -2.24. The molecule has 0 radical (unpaired) electrons. The Balaban J connectivity index is 1.75. The predicted octanol–water partition coefficient (Wildman–Crippen LogP) is 4.37. The first-order valence-corrected chi connectivity index (χ1v) is 9.55. The van der Waals surface area contributed by atoms with Crippen molar-refractivity contribution in [2.45, 2.75) is 19.4 Å². The van der Waals surface area contributed by atoms with Gasteiger partial charge in [0.2, 0.25) is 5.91 Å². The minimum Gasteiger partial charge on any atom is -0.492 e. The maximum absolute atomic E-state index is 13.9. The molecule has 30 heavy (non-hydrogen) atoms. The Bertz CT molecular complexity index is 1120. The largest absolute Gasteiger partial charge is 0.492 e. The molecule has 1 heterocycles. The van der Waals surface area contributed by atoms with E-state index in [1.54, 1.807) is 48.5 Å². The van der Waals surface area contributed by atoms with Gasteiger partial charge in [-0.2, -0.15) is 0 Å². The van der Waals surface area contributed by atoms with Crippen LogP contribution in [0.25, 0.3) is 0 Å². The Hall–Kier alpha value is -3.67. The van der Waals surface area contributed by atoms with Gasteiger partial charge in [-0.3, -0.25) is 9.59 Å². The van der Waals surface area contributed by atoms with E-state index in [9.17, 15) is 14.0 Å². The minimum atomic E-state index is -0.640. The van der Waals surface area contributed by atoms with Gasteiger partial charge in [-0.1, -0.05) is 24.3 Å². The van der Waals surface area contributed by atoms with Crippen LogP contribution in [-0.2, 0) is 0 Å². The molecule has 0 fully saturated rings. The minimum absolute atomic E-state index is 0.0367. The molecule has 3 aromatic carbocycles. The van der Waals surface area contributed by atoms with Crippen LogP contribution in [-0.4, -0.2) is 18.3 Å². The molecule has 1 aliphatic rings. The van der Waals surface area contributed by atoms with Crippen molar-refractivity contribution in [2.75, 3.05) is 6.61 Å². The van der Waals surface area contributed by atoms with Gasteiger partial charge in [-0.05, 0) is 54.4 Å². The molecule has 0 saturated carbocycles. The summed E-state index contributed by atoms with van der Waals surface area (Å²) in [7, 11) is 0. The van der Waals surface area contributed by atoms with Gasteiger partial charge in [0.15, 0.2) is 5.78 Å². The van der Waals surface area contributed by atoms with Gasteiger partial charge >= 0.3 is 0 Å². The molecule has 0 spiro atoms. The molecule has 3 aromatic rings. The third-order valence-electron chi connectivity index (χ3n) is 5.13. The number of amides is 1. The van der Waals surface area contributed by atoms with Gasteiger partial charge in [-0.15, -0.1) is 0 Å². The Morgan fingerprint density at radius 2 is 1.87 bits per heavy atom. The van der Waals surface area contributed by atoms with Crippen molar-refractivity contribution >= 4 is 11.7 Å². The van der Waals surface area contributed by atoms with Crippen LogP contribution in [0.2, 0.25) is 0 Å². The highest BCUT2D eigenvalue weighted by Crippen LogP contribution is 2.38. The van der Waals surface area contributed by atoms with E-state index in [1.165, 1.54) is 12.1 Å². The quantitative estimate of drug-likeness (QED) is 0.684. The molecule has 0 bridgehead atoms. The number of Topliss-reactive ketones (excluding diaryl/α,β-unsaturated/α-hetero) is 1. The molecule has 4 rings (SSSR count). The second kappa shape index (κ2) is 7.99. The lowest BCUT2D eigenvalue weighted by Crippen LogP contribution is -2.17. The van der Waals surface area contributed by atoms with E-state index in [0.717, 1.165) is 5.56 Å². The molecule has 6 heteroatoms. The van der Waals surface area contributed by atoms with Crippen LogP contribution in [0.5, 0.6) is 11.5 Å². The van der Waals surface area contributed by atoms with Gasteiger partial charge in [0, 0.05) is 17.5 Å². The molecule has 0 aromatic heterocycles. The number of hydrogen-bond donors (Lipinski definition) is 1. The Morgan fingerprint density at radius 1 is 1.10 bits per heavy atom.